The van der Waals surface area contributed by atoms with Crippen molar-refractivity contribution in [2.75, 3.05) is 6.61 Å². The Kier molecular flexibility index (Phi) is 5.30. The Labute approximate surface area is 168 Å². The Morgan fingerprint density at radius 2 is 1.96 bits per heavy atom. The van der Waals surface area contributed by atoms with E-state index in [0.29, 0.717) is 12.5 Å². The lowest BCUT2D eigenvalue weighted by Crippen LogP contribution is -2.34. The molecule has 0 radical (unpaired) electrons. The van der Waals surface area contributed by atoms with Crippen LogP contribution in [0.3, 0.4) is 0 Å². The minimum Gasteiger partial charge on any atom is -0.489 e. The molecule has 3 aromatic rings. The number of fused-ring (bicyclic) bond motifs is 1. The topological polar surface area (TPSA) is 14.2 Å². The SMILES string of the molecule is C=CCOc1cccc2c1cc(C)n2CC1(C)CCCCC1c1ccccc1. The van der Waals surface area contributed by atoms with Gasteiger partial charge in [-0.25, -0.2) is 0 Å². The number of aromatic nitrogens is 1. The van der Waals surface area contributed by atoms with Gasteiger partial charge >= 0.3 is 0 Å². The van der Waals surface area contributed by atoms with Gasteiger partial charge in [-0.15, -0.1) is 0 Å². The number of aryl methyl sites for hydroxylation is 1. The minimum atomic E-state index is 0.258. The van der Waals surface area contributed by atoms with Crippen LogP contribution in [0.2, 0.25) is 0 Å². The fourth-order valence-electron chi connectivity index (χ4n) is 5.08. The van der Waals surface area contributed by atoms with Crippen molar-refractivity contribution in [1.82, 2.24) is 4.57 Å². The highest BCUT2D eigenvalue weighted by Crippen LogP contribution is 2.49. The van der Waals surface area contributed by atoms with Gasteiger partial charge in [0, 0.05) is 17.6 Å². The highest BCUT2D eigenvalue weighted by molar-refractivity contribution is 5.87. The molecule has 1 aliphatic carbocycles. The van der Waals surface area contributed by atoms with Crippen LogP contribution in [0.25, 0.3) is 10.9 Å². The molecule has 28 heavy (non-hydrogen) atoms. The molecule has 0 spiro atoms. The van der Waals surface area contributed by atoms with E-state index in [2.05, 4.69) is 79.6 Å². The maximum absolute atomic E-state index is 5.91. The molecule has 146 valence electrons. The summed E-state index contributed by atoms with van der Waals surface area (Å²) >= 11 is 0. The number of ether oxygens (including phenoxy) is 1. The zero-order chi connectivity index (χ0) is 19.6. The summed E-state index contributed by atoms with van der Waals surface area (Å²) in [7, 11) is 0. The van der Waals surface area contributed by atoms with Crippen molar-refractivity contribution in [2.45, 2.75) is 52.0 Å². The fraction of sp³-hybridized carbons (Fsp3) is 0.385. The fourth-order valence-corrected chi connectivity index (χ4v) is 5.08. The molecule has 2 nitrogen and oxygen atoms in total. The maximum atomic E-state index is 5.91. The van der Waals surface area contributed by atoms with E-state index in [1.165, 1.54) is 47.8 Å². The van der Waals surface area contributed by atoms with Crippen molar-refractivity contribution in [2.24, 2.45) is 5.41 Å². The minimum absolute atomic E-state index is 0.258. The normalized spacial score (nSPS) is 22.3. The van der Waals surface area contributed by atoms with Crippen molar-refractivity contribution in [3.05, 3.63) is 78.5 Å². The molecule has 0 amide bonds. The van der Waals surface area contributed by atoms with E-state index >= 15 is 0 Å². The third-order valence-electron chi connectivity index (χ3n) is 6.52. The van der Waals surface area contributed by atoms with E-state index in [9.17, 15) is 0 Å². The highest BCUT2D eigenvalue weighted by atomic mass is 16.5. The molecule has 1 heterocycles. The zero-order valence-corrected chi connectivity index (χ0v) is 17.2. The third-order valence-corrected chi connectivity index (χ3v) is 6.52. The molecule has 2 unspecified atom stereocenters. The summed E-state index contributed by atoms with van der Waals surface area (Å²) in [5, 5.41) is 1.21. The van der Waals surface area contributed by atoms with Gasteiger partial charge < -0.3 is 9.30 Å². The molecule has 1 aromatic heterocycles. The van der Waals surface area contributed by atoms with Crippen molar-refractivity contribution in [3.63, 3.8) is 0 Å². The molecular weight excluding hydrogens is 342 g/mol. The van der Waals surface area contributed by atoms with Gasteiger partial charge in [-0.2, -0.15) is 0 Å². The van der Waals surface area contributed by atoms with Gasteiger partial charge in [-0.1, -0.05) is 68.8 Å². The lowest BCUT2D eigenvalue weighted by molar-refractivity contribution is 0.146. The summed E-state index contributed by atoms with van der Waals surface area (Å²) in [6, 6.07) is 19.8. The number of benzene rings is 2. The second-order valence-corrected chi connectivity index (χ2v) is 8.52. The summed E-state index contributed by atoms with van der Waals surface area (Å²) < 4.78 is 8.42. The zero-order valence-electron chi connectivity index (χ0n) is 17.2. The highest BCUT2D eigenvalue weighted by Gasteiger charge is 2.38. The molecule has 1 fully saturated rings. The van der Waals surface area contributed by atoms with Gasteiger partial charge in [0.05, 0.1) is 5.52 Å². The molecule has 2 heteroatoms. The number of nitrogens with zero attached hydrogens (tertiary/aromatic N) is 1. The van der Waals surface area contributed by atoms with Gasteiger partial charge in [0.2, 0.25) is 0 Å². The molecule has 2 atom stereocenters. The number of hydrogen-bond acceptors (Lipinski definition) is 1. The summed E-state index contributed by atoms with van der Waals surface area (Å²) in [6.07, 6.45) is 7.02. The van der Waals surface area contributed by atoms with Crippen LogP contribution in [0, 0.1) is 12.3 Å². The first-order valence-electron chi connectivity index (χ1n) is 10.5. The Hall–Kier alpha value is -2.48. The van der Waals surface area contributed by atoms with Crippen molar-refractivity contribution in [1.29, 1.82) is 0 Å². The lowest BCUT2D eigenvalue weighted by atomic mass is 9.65. The smallest absolute Gasteiger partial charge is 0.129 e. The summed E-state index contributed by atoms with van der Waals surface area (Å²) in [6.45, 7) is 10.1. The van der Waals surface area contributed by atoms with E-state index in [0.717, 1.165) is 12.3 Å². The first kappa shape index (κ1) is 18.9. The van der Waals surface area contributed by atoms with Crippen molar-refractivity contribution < 1.29 is 4.74 Å². The van der Waals surface area contributed by atoms with Crippen LogP contribution in [-0.2, 0) is 6.54 Å². The summed E-state index contributed by atoms with van der Waals surface area (Å²) in [5.41, 5.74) is 4.34. The first-order valence-corrected chi connectivity index (χ1v) is 10.5. The van der Waals surface area contributed by atoms with Crippen LogP contribution in [0.5, 0.6) is 5.75 Å². The molecule has 0 aliphatic heterocycles. The average Bonchev–Trinajstić information content (AvgIpc) is 3.03. The molecule has 4 rings (SSSR count). The van der Waals surface area contributed by atoms with Crippen molar-refractivity contribution >= 4 is 10.9 Å². The second-order valence-electron chi connectivity index (χ2n) is 8.52. The Morgan fingerprint density at radius 1 is 1.14 bits per heavy atom. The molecule has 0 bridgehead atoms. The van der Waals surface area contributed by atoms with E-state index < -0.39 is 0 Å². The third kappa shape index (κ3) is 3.48. The van der Waals surface area contributed by atoms with Gasteiger partial charge in [0.1, 0.15) is 12.4 Å². The monoisotopic (exact) mass is 373 g/mol. The second kappa shape index (κ2) is 7.87. The molecular formula is C26H31NO. The molecule has 1 saturated carbocycles. The Balaban J connectivity index is 1.71. The van der Waals surface area contributed by atoms with Gasteiger partial charge in [-0.3, -0.25) is 0 Å². The van der Waals surface area contributed by atoms with Crippen LogP contribution in [0.4, 0.5) is 0 Å². The summed E-state index contributed by atoms with van der Waals surface area (Å²) in [4.78, 5) is 0. The Bertz CT molecular complexity index is 955. The van der Waals surface area contributed by atoms with Crippen LogP contribution in [-0.4, -0.2) is 11.2 Å². The quantitative estimate of drug-likeness (QED) is 0.430. The number of hydrogen-bond donors (Lipinski definition) is 0. The van der Waals surface area contributed by atoms with Crippen LogP contribution in [0.1, 0.15) is 49.8 Å². The Morgan fingerprint density at radius 3 is 2.75 bits per heavy atom. The predicted molar refractivity (Wildman–Crippen MR) is 118 cm³/mol. The number of rotatable bonds is 6. The molecule has 0 N–H and O–H groups in total. The van der Waals surface area contributed by atoms with Gasteiger partial charge in [-0.05, 0) is 54.9 Å². The van der Waals surface area contributed by atoms with Crippen LogP contribution >= 0.6 is 0 Å². The van der Waals surface area contributed by atoms with Crippen LogP contribution in [0.15, 0.2) is 67.3 Å². The average molecular weight is 374 g/mol. The largest absolute Gasteiger partial charge is 0.489 e. The molecule has 0 saturated heterocycles. The van der Waals surface area contributed by atoms with Crippen LogP contribution < -0.4 is 4.74 Å². The van der Waals surface area contributed by atoms with Gasteiger partial charge in [0.25, 0.3) is 0 Å². The van der Waals surface area contributed by atoms with E-state index in [1.54, 1.807) is 6.08 Å². The summed E-state index contributed by atoms with van der Waals surface area (Å²) in [5.74, 6) is 1.56. The van der Waals surface area contributed by atoms with Crippen molar-refractivity contribution in [3.8, 4) is 5.75 Å². The first-order chi connectivity index (χ1) is 13.6. The standard InChI is InChI=1S/C26H31NO/c1-4-17-28-25-15-10-14-24-22(25)18-20(2)27(24)19-26(3)16-9-8-13-23(26)21-11-6-5-7-12-21/h4-7,10-12,14-15,18,23H,1,8-9,13,16-17,19H2,2-3H3. The van der Waals surface area contributed by atoms with E-state index in [4.69, 9.17) is 4.74 Å². The predicted octanol–water partition coefficient (Wildman–Crippen LogP) is 6.88. The van der Waals surface area contributed by atoms with E-state index in [-0.39, 0.29) is 5.41 Å². The van der Waals surface area contributed by atoms with E-state index in [1.807, 2.05) is 0 Å². The lowest BCUT2D eigenvalue weighted by Gasteiger charge is -2.43. The van der Waals surface area contributed by atoms with Gasteiger partial charge in [0.15, 0.2) is 0 Å². The molecule has 2 aromatic carbocycles. The maximum Gasteiger partial charge on any atom is 0.129 e. The molecule has 1 aliphatic rings.